The van der Waals surface area contributed by atoms with E-state index >= 15 is 0 Å². The van der Waals surface area contributed by atoms with Crippen LogP contribution >= 0.6 is 0 Å². The molecule has 0 N–H and O–H groups in total. The van der Waals surface area contributed by atoms with Gasteiger partial charge in [-0.1, -0.05) is 19.4 Å². The highest BCUT2D eigenvalue weighted by molar-refractivity contribution is 5.95. The molecule has 2 aliphatic carbocycles. The van der Waals surface area contributed by atoms with Crippen LogP contribution in [-0.2, 0) is 9.53 Å². The summed E-state index contributed by atoms with van der Waals surface area (Å²) in [5.74, 6) is 1.10. The second-order valence-corrected chi connectivity index (χ2v) is 6.64. The number of allylic oxidation sites excluding steroid dienone is 2. The van der Waals surface area contributed by atoms with Crippen LogP contribution in [0.3, 0.4) is 0 Å². The van der Waals surface area contributed by atoms with Crippen LogP contribution in [0.25, 0.3) is 0 Å². The lowest BCUT2D eigenvalue weighted by molar-refractivity contribution is -0.122. The molecule has 0 radical (unpaired) electrons. The summed E-state index contributed by atoms with van der Waals surface area (Å²) < 4.78 is 5.52. The van der Waals surface area contributed by atoms with Gasteiger partial charge in [0.25, 0.3) is 0 Å². The van der Waals surface area contributed by atoms with E-state index in [9.17, 15) is 4.79 Å². The van der Waals surface area contributed by atoms with E-state index in [0.29, 0.717) is 11.7 Å². The Bertz CT molecular complexity index is 392. The van der Waals surface area contributed by atoms with Crippen LogP contribution < -0.4 is 0 Å². The SMILES string of the molecule is C[C@H]1CCCC2=CC(=O)[C@@H]([C@@]3(C)CO3)C[C@@]21C. The first-order valence-electron chi connectivity index (χ1n) is 6.84. The molecule has 0 aromatic heterocycles. The zero-order valence-corrected chi connectivity index (χ0v) is 11.1. The molecule has 2 nitrogen and oxygen atoms in total. The van der Waals surface area contributed by atoms with Crippen LogP contribution in [0.2, 0.25) is 0 Å². The summed E-state index contributed by atoms with van der Waals surface area (Å²) in [5, 5.41) is 0. The van der Waals surface area contributed by atoms with Gasteiger partial charge in [0.1, 0.15) is 0 Å². The van der Waals surface area contributed by atoms with Gasteiger partial charge in [-0.15, -0.1) is 0 Å². The molecule has 0 unspecified atom stereocenters. The molecule has 1 heterocycles. The van der Waals surface area contributed by atoms with Gasteiger partial charge in [-0.25, -0.2) is 0 Å². The van der Waals surface area contributed by atoms with E-state index in [1.165, 1.54) is 18.4 Å². The molecule has 0 aromatic rings. The highest BCUT2D eigenvalue weighted by atomic mass is 16.6. The molecule has 94 valence electrons. The number of ether oxygens (including phenoxy) is 1. The molecule has 0 amide bonds. The molecule has 2 heteroatoms. The summed E-state index contributed by atoms with van der Waals surface area (Å²) >= 11 is 0. The second kappa shape index (κ2) is 3.44. The molecular formula is C15H22O2. The summed E-state index contributed by atoms with van der Waals surface area (Å²) in [4.78, 5) is 12.2. The summed E-state index contributed by atoms with van der Waals surface area (Å²) in [7, 11) is 0. The Balaban J connectivity index is 1.96. The highest BCUT2D eigenvalue weighted by Crippen LogP contribution is 2.54. The zero-order valence-electron chi connectivity index (χ0n) is 11.1. The molecule has 1 aliphatic heterocycles. The van der Waals surface area contributed by atoms with Crippen LogP contribution in [-0.4, -0.2) is 18.0 Å². The maximum atomic E-state index is 12.2. The van der Waals surface area contributed by atoms with Crippen molar-refractivity contribution < 1.29 is 9.53 Å². The predicted molar refractivity (Wildman–Crippen MR) is 66.7 cm³/mol. The normalized spacial score (nSPS) is 49.6. The number of fused-ring (bicyclic) bond motifs is 1. The van der Waals surface area contributed by atoms with Gasteiger partial charge in [-0.05, 0) is 50.0 Å². The van der Waals surface area contributed by atoms with Gasteiger partial charge in [-0.3, -0.25) is 4.79 Å². The maximum absolute atomic E-state index is 12.2. The Morgan fingerprint density at radius 1 is 1.41 bits per heavy atom. The van der Waals surface area contributed by atoms with Crippen LogP contribution in [0.1, 0.15) is 46.5 Å². The van der Waals surface area contributed by atoms with Crippen LogP contribution in [0.4, 0.5) is 0 Å². The van der Waals surface area contributed by atoms with Crippen LogP contribution in [0.15, 0.2) is 11.6 Å². The standard InChI is InChI=1S/C15H22O2/c1-10-5-4-6-11-7-13(16)12(8-14(10,11)2)15(3)9-17-15/h7,10,12H,4-6,8-9H2,1-3H3/t10-,12-,14+,15+/m0/s1. The van der Waals surface area contributed by atoms with E-state index in [0.717, 1.165) is 19.4 Å². The molecule has 0 bridgehead atoms. The number of hydrogen-bond donors (Lipinski definition) is 0. The lowest BCUT2D eigenvalue weighted by atomic mass is 9.57. The fraction of sp³-hybridized carbons (Fsp3) is 0.800. The van der Waals surface area contributed by atoms with Gasteiger partial charge in [0.05, 0.1) is 18.1 Å². The van der Waals surface area contributed by atoms with E-state index in [1.807, 2.05) is 6.08 Å². The third kappa shape index (κ3) is 1.61. The van der Waals surface area contributed by atoms with Crippen molar-refractivity contribution in [2.45, 2.75) is 52.1 Å². The molecule has 1 saturated carbocycles. The average Bonchev–Trinajstić information content (AvgIpc) is 3.01. The molecule has 4 atom stereocenters. The van der Waals surface area contributed by atoms with Gasteiger partial charge in [0.15, 0.2) is 5.78 Å². The van der Waals surface area contributed by atoms with E-state index < -0.39 is 0 Å². The summed E-state index contributed by atoms with van der Waals surface area (Å²) in [6.07, 6.45) is 6.61. The number of rotatable bonds is 1. The summed E-state index contributed by atoms with van der Waals surface area (Å²) in [5.41, 5.74) is 1.49. The molecule has 17 heavy (non-hydrogen) atoms. The molecule has 1 saturated heterocycles. The molecule has 2 fully saturated rings. The predicted octanol–water partition coefficient (Wildman–Crippen LogP) is 3.12. The largest absolute Gasteiger partial charge is 0.369 e. The van der Waals surface area contributed by atoms with Gasteiger partial charge in [0, 0.05) is 0 Å². The van der Waals surface area contributed by atoms with E-state index in [2.05, 4.69) is 20.8 Å². The number of carbonyl (C=O) groups is 1. The third-order valence-corrected chi connectivity index (χ3v) is 5.53. The minimum Gasteiger partial charge on any atom is -0.369 e. The first-order chi connectivity index (χ1) is 7.96. The van der Waals surface area contributed by atoms with Crippen molar-refractivity contribution in [3.05, 3.63) is 11.6 Å². The Hall–Kier alpha value is -0.630. The minimum atomic E-state index is -0.153. The van der Waals surface area contributed by atoms with Crippen molar-refractivity contribution in [2.75, 3.05) is 6.61 Å². The van der Waals surface area contributed by atoms with E-state index in [-0.39, 0.29) is 16.9 Å². The average molecular weight is 234 g/mol. The molecule has 0 aromatic carbocycles. The Morgan fingerprint density at radius 2 is 2.12 bits per heavy atom. The van der Waals surface area contributed by atoms with Crippen LogP contribution in [0.5, 0.6) is 0 Å². The first-order valence-corrected chi connectivity index (χ1v) is 6.84. The van der Waals surface area contributed by atoms with Crippen molar-refractivity contribution >= 4 is 5.78 Å². The quantitative estimate of drug-likeness (QED) is 0.652. The lowest BCUT2D eigenvalue weighted by Crippen LogP contribution is -2.43. The van der Waals surface area contributed by atoms with Gasteiger partial charge < -0.3 is 4.74 Å². The fourth-order valence-corrected chi connectivity index (χ4v) is 3.72. The van der Waals surface area contributed by atoms with Crippen molar-refractivity contribution in [1.29, 1.82) is 0 Å². The number of carbonyl (C=O) groups excluding carboxylic acids is 1. The van der Waals surface area contributed by atoms with Crippen molar-refractivity contribution in [1.82, 2.24) is 0 Å². The second-order valence-electron chi connectivity index (χ2n) is 6.64. The van der Waals surface area contributed by atoms with E-state index in [4.69, 9.17) is 4.74 Å². The third-order valence-electron chi connectivity index (χ3n) is 5.53. The molecule has 0 spiro atoms. The molecule has 3 aliphatic rings. The Labute approximate surface area is 103 Å². The van der Waals surface area contributed by atoms with Crippen LogP contribution in [0, 0.1) is 17.3 Å². The zero-order chi connectivity index (χ0) is 12.3. The molecular weight excluding hydrogens is 212 g/mol. The fourth-order valence-electron chi connectivity index (χ4n) is 3.72. The van der Waals surface area contributed by atoms with E-state index in [1.54, 1.807) is 0 Å². The topological polar surface area (TPSA) is 29.6 Å². The van der Waals surface area contributed by atoms with Crippen molar-refractivity contribution in [3.8, 4) is 0 Å². The number of epoxide rings is 1. The lowest BCUT2D eigenvalue weighted by Gasteiger charge is -2.47. The monoisotopic (exact) mass is 234 g/mol. The van der Waals surface area contributed by atoms with Crippen molar-refractivity contribution in [2.24, 2.45) is 17.3 Å². The maximum Gasteiger partial charge on any atom is 0.161 e. The van der Waals surface area contributed by atoms with Gasteiger partial charge in [0.2, 0.25) is 0 Å². The summed E-state index contributed by atoms with van der Waals surface area (Å²) in [6, 6.07) is 0. The molecule has 3 rings (SSSR count). The first kappa shape index (κ1) is 11.5. The van der Waals surface area contributed by atoms with Gasteiger partial charge >= 0.3 is 0 Å². The van der Waals surface area contributed by atoms with Gasteiger partial charge in [-0.2, -0.15) is 0 Å². The number of hydrogen-bond acceptors (Lipinski definition) is 2. The Kier molecular flexibility index (Phi) is 2.32. The summed E-state index contributed by atoms with van der Waals surface area (Å²) in [6.45, 7) is 7.55. The Morgan fingerprint density at radius 3 is 2.76 bits per heavy atom. The highest BCUT2D eigenvalue weighted by Gasteiger charge is 2.55. The smallest absolute Gasteiger partial charge is 0.161 e. The van der Waals surface area contributed by atoms with Crippen molar-refractivity contribution in [3.63, 3.8) is 0 Å². The minimum absolute atomic E-state index is 0.0943. The number of ketones is 1.